The van der Waals surface area contributed by atoms with Gasteiger partial charge in [-0.05, 0) is 24.8 Å². The van der Waals surface area contributed by atoms with Crippen LogP contribution in [0.2, 0.25) is 0 Å². The van der Waals surface area contributed by atoms with E-state index in [2.05, 4.69) is 19.9 Å². The van der Waals surface area contributed by atoms with Crippen molar-refractivity contribution >= 4 is 0 Å². The van der Waals surface area contributed by atoms with Gasteiger partial charge >= 0.3 is 0 Å². The Morgan fingerprint density at radius 2 is 2.16 bits per heavy atom. The number of nitrogens with two attached hydrogens (primary N) is 1. The number of aliphatic hydroxyl groups is 1. The van der Waals surface area contributed by atoms with Crippen LogP contribution in [-0.4, -0.2) is 24.9 Å². The first-order chi connectivity index (χ1) is 9.10. The molecule has 1 heterocycles. The van der Waals surface area contributed by atoms with Gasteiger partial charge in [-0.2, -0.15) is 0 Å². The predicted octanol–water partition coefficient (Wildman–Crippen LogP) is 2.54. The molecule has 0 radical (unpaired) electrons. The van der Waals surface area contributed by atoms with Gasteiger partial charge in [-0.15, -0.1) is 0 Å². The average molecular weight is 263 g/mol. The molecule has 1 aliphatic heterocycles. The molecule has 3 heteroatoms. The van der Waals surface area contributed by atoms with E-state index in [1.807, 2.05) is 18.2 Å². The Morgan fingerprint density at radius 3 is 2.79 bits per heavy atom. The molecule has 0 saturated carbocycles. The molecular weight excluding hydrogens is 238 g/mol. The first-order valence-corrected chi connectivity index (χ1v) is 7.13. The van der Waals surface area contributed by atoms with E-state index in [0.29, 0.717) is 25.0 Å². The zero-order chi connectivity index (χ0) is 13.9. The van der Waals surface area contributed by atoms with Gasteiger partial charge in [-0.1, -0.05) is 32.0 Å². The number of rotatable bonds is 6. The lowest BCUT2D eigenvalue weighted by Crippen LogP contribution is -2.37. The summed E-state index contributed by atoms with van der Waals surface area (Å²) in [7, 11) is 0. The zero-order valence-electron chi connectivity index (χ0n) is 11.9. The van der Waals surface area contributed by atoms with E-state index in [1.54, 1.807) is 0 Å². The third kappa shape index (κ3) is 3.10. The van der Waals surface area contributed by atoms with Crippen LogP contribution in [0.25, 0.3) is 0 Å². The summed E-state index contributed by atoms with van der Waals surface area (Å²) in [4.78, 5) is 0. The van der Waals surface area contributed by atoms with Crippen molar-refractivity contribution in [2.24, 2.45) is 17.1 Å². The van der Waals surface area contributed by atoms with Crippen molar-refractivity contribution < 1.29 is 9.84 Å². The molecule has 19 heavy (non-hydrogen) atoms. The average Bonchev–Trinajstić information content (AvgIpc) is 2.81. The maximum absolute atomic E-state index is 9.81. The Morgan fingerprint density at radius 1 is 1.42 bits per heavy atom. The molecule has 0 fully saturated rings. The molecule has 0 bridgehead atoms. The highest BCUT2D eigenvalue weighted by atomic mass is 16.5. The Bertz CT molecular complexity index is 413. The van der Waals surface area contributed by atoms with Gasteiger partial charge in [-0.25, -0.2) is 0 Å². The first-order valence-electron chi connectivity index (χ1n) is 7.13. The molecule has 106 valence electrons. The zero-order valence-corrected chi connectivity index (χ0v) is 11.9. The topological polar surface area (TPSA) is 55.5 Å². The fourth-order valence-electron chi connectivity index (χ4n) is 3.23. The highest BCUT2D eigenvalue weighted by Crippen LogP contribution is 2.42. The monoisotopic (exact) mass is 263 g/mol. The van der Waals surface area contributed by atoms with Crippen molar-refractivity contribution in [3.8, 4) is 5.75 Å². The highest BCUT2D eigenvalue weighted by Gasteiger charge is 2.35. The van der Waals surface area contributed by atoms with Gasteiger partial charge < -0.3 is 15.6 Å². The molecule has 0 saturated heterocycles. The minimum atomic E-state index is -0.181. The minimum absolute atomic E-state index is 0.153. The van der Waals surface area contributed by atoms with E-state index in [1.165, 1.54) is 5.56 Å². The smallest absolute Gasteiger partial charge is 0.122 e. The van der Waals surface area contributed by atoms with Gasteiger partial charge in [0.25, 0.3) is 0 Å². The standard InChI is InChI=1S/C16H25NO2/c1-12(2)7-16(10-17,11-18)8-13-9-19-15-6-4-3-5-14(13)15/h3-6,12-13,18H,7-11,17H2,1-2H3. The fourth-order valence-corrected chi connectivity index (χ4v) is 3.23. The molecule has 2 atom stereocenters. The predicted molar refractivity (Wildman–Crippen MR) is 77.3 cm³/mol. The minimum Gasteiger partial charge on any atom is -0.493 e. The van der Waals surface area contributed by atoms with E-state index in [4.69, 9.17) is 10.5 Å². The molecule has 2 unspecified atom stereocenters. The van der Waals surface area contributed by atoms with Gasteiger partial charge in [0, 0.05) is 30.0 Å². The Hall–Kier alpha value is -1.06. The Balaban J connectivity index is 2.15. The largest absolute Gasteiger partial charge is 0.493 e. The van der Waals surface area contributed by atoms with E-state index < -0.39 is 0 Å². The summed E-state index contributed by atoms with van der Waals surface area (Å²) in [6.07, 6.45) is 1.86. The van der Waals surface area contributed by atoms with Crippen molar-refractivity contribution in [3.05, 3.63) is 29.8 Å². The second-order valence-corrected chi connectivity index (χ2v) is 6.21. The third-order valence-corrected chi connectivity index (χ3v) is 4.09. The molecule has 3 N–H and O–H groups in total. The molecule has 1 aromatic rings. The van der Waals surface area contributed by atoms with Crippen LogP contribution in [0.1, 0.15) is 38.2 Å². The maximum atomic E-state index is 9.81. The van der Waals surface area contributed by atoms with Crippen LogP contribution in [0, 0.1) is 11.3 Å². The molecule has 0 aromatic heterocycles. The lowest BCUT2D eigenvalue weighted by molar-refractivity contribution is 0.0876. The maximum Gasteiger partial charge on any atom is 0.122 e. The Kier molecular flexibility index (Phi) is 4.48. The lowest BCUT2D eigenvalue weighted by Gasteiger charge is -2.34. The normalized spacial score (nSPS) is 21.0. The van der Waals surface area contributed by atoms with Crippen molar-refractivity contribution in [2.75, 3.05) is 19.8 Å². The molecule has 0 aliphatic carbocycles. The van der Waals surface area contributed by atoms with E-state index in [9.17, 15) is 5.11 Å². The van der Waals surface area contributed by atoms with Crippen molar-refractivity contribution in [3.63, 3.8) is 0 Å². The number of benzene rings is 1. The highest BCUT2D eigenvalue weighted by molar-refractivity contribution is 5.39. The second kappa shape index (κ2) is 5.93. The second-order valence-electron chi connectivity index (χ2n) is 6.21. The van der Waals surface area contributed by atoms with Crippen LogP contribution in [0.4, 0.5) is 0 Å². The van der Waals surface area contributed by atoms with Gasteiger partial charge in [-0.3, -0.25) is 0 Å². The summed E-state index contributed by atoms with van der Waals surface area (Å²) in [5.74, 6) is 1.87. The molecule has 0 amide bonds. The summed E-state index contributed by atoms with van der Waals surface area (Å²) in [6, 6.07) is 8.19. The van der Waals surface area contributed by atoms with Gasteiger partial charge in [0.1, 0.15) is 5.75 Å². The van der Waals surface area contributed by atoms with Crippen LogP contribution < -0.4 is 10.5 Å². The van der Waals surface area contributed by atoms with E-state index >= 15 is 0 Å². The SMILES string of the molecule is CC(C)CC(CN)(CO)CC1COc2ccccc21. The summed E-state index contributed by atoms with van der Waals surface area (Å²) in [5.41, 5.74) is 7.04. The molecule has 0 spiro atoms. The van der Waals surface area contributed by atoms with Gasteiger partial charge in [0.05, 0.1) is 6.61 Å². The number of para-hydroxylation sites is 1. The van der Waals surface area contributed by atoms with E-state index in [0.717, 1.165) is 18.6 Å². The van der Waals surface area contributed by atoms with Crippen LogP contribution in [0.3, 0.4) is 0 Å². The van der Waals surface area contributed by atoms with E-state index in [-0.39, 0.29) is 12.0 Å². The molecular formula is C16H25NO2. The van der Waals surface area contributed by atoms with Crippen molar-refractivity contribution in [1.29, 1.82) is 0 Å². The van der Waals surface area contributed by atoms with Gasteiger partial charge in [0.15, 0.2) is 0 Å². The number of aliphatic hydroxyl groups excluding tert-OH is 1. The van der Waals surface area contributed by atoms with Crippen LogP contribution in [0.15, 0.2) is 24.3 Å². The fraction of sp³-hybridized carbons (Fsp3) is 0.625. The number of hydrogen-bond acceptors (Lipinski definition) is 3. The summed E-state index contributed by atoms with van der Waals surface area (Å²) in [6.45, 7) is 5.75. The summed E-state index contributed by atoms with van der Waals surface area (Å²) >= 11 is 0. The first kappa shape index (κ1) is 14.4. The summed E-state index contributed by atoms with van der Waals surface area (Å²) in [5, 5.41) is 9.81. The molecule has 1 aromatic carbocycles. The van der Waals surface area contributed by atoms with Crippen LogP contribution >= 0.6 is 0 Å². The van der Waals surface area contributed by atoms with Crippen molar-refractivity contribution in [1.82, 2.24) is 0 Å². The number of ether oxygens (including phenoxy) is 1. The molecule has 1 aliphatic rings. The number of fused-ring (bicyclic) bond motifs is 1. The van der Waals surface area contributed by atoms with Crippen LogP contribution in [-0.2, 0) is 0 Å². The van der Waals surface area contributed by atoms with Gasteiger partial charge in [0.2, 0.25) is 0 Å². The molecule has 3 nitrogen and oxygen atoms in total. The Labute approximate surface area is 115 Å². The number of hydrogen-bond donors (Lipinski definition) is 2. The lowest BCUT2D eigenvalue weighted by atomic mass is 9.73. The third-order valence-electron chi connectivity index (χ3n) is 4.09. The van der Waals surface area contributed by atoms with Crippen LogP contribution in [0.5, 0.6) is 5.75 Å². The quantitative estimate of drug-likeness (QED) is 0.829. The molecule has 2 rings (SSSR count). The van der Waals surface area contributed by atoms with Crippen molar-refractivity contribution in [2.45, 2.75) is 32.6 Å². The summed E-state index contributed by atoms with van der Waals surface area (Å²) < 4.78 is 5.73.